The van der Waals surface area contributed by atoms with E-state index in [1.807, 2.05) is 13.0 Å². The molecule has 0 bridgehead atoms. The second-order valence-electron chi connectivity index (χ2n) is 7.61. The summed E-state index contributed by atoms with van der Waals surface area (Å²) in [7, 11) is 1.73. The summed E-state index contributed by atoms with van der Waals surface area (Å²) in [4.78, 5) is 4.53. The monoisotopic (exact) mass is 434 g/mol. The van der Waals surface area contributed by atoms with Crippen LogP contribution in [-0.4, -0.2) is 30.0 Å². The van der Waals surface area contributed by atoms with Gasteiger partial charge in [-0.2, -0.15) is 0 Å². The SMILES string of the molecule is Cc1nnc(Cc2c3cc(Cc4ccc(F)cc4)cnc3c(O)c3c(O)n(C)cc23)s1. The highest BCUT2D eigenvalue weighted by atomic mass is 32.1. The van der Waals surface area contributed by atoms with Gasteiger partial charge >= 0.3 is 0 Å². The van der Waals surface area contributed by atoms with Crippen LogP contribution < -0.4 is 0 Å². The predicted molar refractivity (Wildman–Crippen MR) is 118 cm³/mol. The Hall–Kier alpha value is -3.52. The number of phenolic OH excluding ortho intramolecular Hbond substituents is 1. The van der Waals surface area contributed by atoms with E-state index in [-0.39, 0.29) is 17.4 Å². The van der Waals surface area contributed by atoms with Crippen molar-refractivity contribution < 1.29 is 14.6 Å². The van der Waals surface area contributed by atoms with E-state index < -0.39 is 0 Å². The minimum atomic E-state index is -0.272. The number of nitrogens with zero attached hydrogens (tertiary/aromatic N) is 4. The Morgan fingerprint density at radius 2 is 1.81 bits per heavy atom. The van der Waals surface area contributed by atoms with Crippen molar-refractivity contribution >= 4 is 33.0 Å². The van der Waals surface area contributed by atoms with Crippen LogP contribution in [-0.2, 0) is 19.9 Å². The fraction of sp³-hybridized carbons (Fsp3) is 0.174. The van der Waals surface area contributed by atoms with E-state index in [9.17, 15) is 14.6 Å². The van der Waals surface area contributed by atoms with Crippen LogP contribution in [0.2, 0.25) is 0 Å². The minimum absolute atomic E-state index is 0.0127. The summed E-state index contributed by atoms with van der Waals surface area (Å²) in [5.74, 6) is -0.332. The Morgan fingerprint density at radius 1 is 1.03 bits per heavy atom. The van der Waals surface area contributed by atoms with Crippen LogP contribution in [0.3, 0.4) is 0 Å². The van der Waals surface area contributed by atoms with Gasteiger partial charge in [0.25, 0.3) is 0 Å². The molecule has 0 aliphatic carbocycles. The molecule has 0 saturated heterocycles. The second-order valence-corrected chi connectivity index (χ2v) is 8.88. The summed E-state index contributed by atoms with van der Waals surface area (Å²) < 4.78 is 14.8. The van der Waals surface area contributed by atoms with Crippen LogP contribution in [0.15, 0.2) is 42.7 Å². The van der Waals surface area contributed by atoms with Gasteiger partial charge in [-0.25, -0.2) is 4.39 Å². The second kappa shape index (κ2) is 7.31. The first kappa shape index (κ1) is 19.4. The zero-order valence-corrected chi connectivity index (χ0v) is 17.7. The van der Waals surface area contributed by atoms with Crippen molar-refractivity contribution in [3.8, 4) is 11.6 Å². The Balaban J connectivity index is 1.72. The molecule has 0 saturated carbocycles. The minimum Gasteiger partial charge on any atom is -0.505 e. The van der Waals surface area contributed by atoms with E-state index in [0.717, 1.165) is 37.5 Å². The van der Waals surface area contributed by atoms with E-state index in [1.165, 1.54) is 23.5 Å². The van der Waals surface area contributed by atoms with Crippen LogP contribution in [0.25, 0.3) is 21.7 Å². The lowest BCUT2D eigenvalue weighted by molar-refractivity contribution is 0.432. The van der Waals surface area contributed by atoms with Gasteiger partial charge in [0.2, 0.25) is 5.88 Å². The molecule has 6 nitrogen and oxygen atoms in total. The van der Waals surface area contributed by atoms with Gasteiger partial charge in [0, 0.05) is 36.6 Å². The molecule has 2 N–H and O–H groups in total. The van der Waals surface area contributed by atoms with Crippen LogP contribution in [0.5, 0.6) is 11.6 Å². The third-order valence-corrected chi connectivity index (χ3v) is 6.26. The maximum absolute atomic E-state index is 13.3. The third kappa shape index (κ3) is 3.38. The van der Waals surface area contributed by atoms with Crippen molar-refractivity contribution in [3.05, 3.63) is 75.2 Å². The summed E-state index contributed by atoms with van der Waals surface area (Å²) >= 11 is 1.51. The normalized spacial score (nSPS) is 11.6. The first-order valence-electron chi connectivity index (χ1n) is 9.74. The highest BCUT2D eigenvalue weighted by Crippen LogP contribution is 2.43. The van der Waals surface area contributed by atoms with Crippen molar-refractivity contribution in [2.75, 3.05) is 0 Å². The Morgan fingerprint density at radius 3 is 2.52 bits per heavy atom. The van der Waals surface area contributed by atoms with Gasteiger partial charge in [0.1, 0.15) is 21.3 Å². The molecule has 0 radical (unpaired) electrons. The first-order chi connectivity index (χ1) is 14.9. The van der Waals surface area contributed by atoms with Gasteiger partial charge in [-0.3, -0.25) is 4.98 Å². The molecular weight excluding hydrogens is 415 g/mol. The summed E-state index contributed by atoms with van der Waals surface area (Å²) in [6, 6.07) is 8.38. The number of aromatic hydroxyl groups is 2. The van der Waals surface area contributed by atoms with Crippen LogP contribution in [0.4, 0.5) is 4.39 Å². The fourth-order valence-electron chi connectivity index (χ4n) is 3.95. The third-order valence-electron chi connectivity index (χ3n) is 5.42. The Kier molecular flexibility index (Phi) is 4.59. The lowest BCUT2D eigenvalue weighted by atomic mass is 9.96. The highest BCUT2D eigenvalue weighted by molar-refractivity contribution is 7.11. The highest BCUT2D eigenvalue weighted by Gasteiger charge is 2.21. The van der Waals surface area contributed by atoms with Crippen LogP contribution in [0.1, 0.15) is 26.7 Å². The van der Waals surface area contributed by atoms with Crippen LogP contribution >= 0.6 is 11.3 Å². The maximum atomic E-state index is 13.3. The molecule has 5 rings (SSSR count). The molecule has 0 aliphatic rings. The quantitative estimate of drug-likeness (QED) is 0.431. The zero-order chi connectivity index (χ0) is 21.7. The smallest absolute Gasteiger partial charge is 0.202 e. The van der Waals surface area contributed by atoms with Crippen molar-refractivity contribution in [2.45, 2.75) is 19.8 Å². The number of hydrogen-bond acceptors (Lipinski definition) is 6. The van der Waals surface area contributed by atoms with E-state index in [0.29, 0.717) is 23.7 Å². The molecule has 8 heteroatoms. The number of phenols is 1. The van der Waals surface area contributed by atoms with Crippen molar-refractivity contribution in [1.82, 2.24) is 19.7 Å². The molecule has 0 atom stereocenters. The van der Waals surface area contributed by atoms with Gasteiger partial charge in [-0.05, 0) is 48.2 Å². The summed E-state index contributed by atoms with van der Waals surface area (Å²) in [5.41, 5.74) is 3.25. The largest absolute Gasteiger partial charge is 0.505 e. The molecule has 0 fully saturated rings. The number of benzene rings is 2. The van der Waals surface area contributed by atoms with E-state index in [4.69, 9.17) is 0 Å². The van der Waals surface area contributed by atoms with Gasteiger partial charge in [-0.1, -0.05) is 12.1 Å². The number of hydrogen-bond donors (Lipinski definition) is 2. The maximum Gasteiger partial charge on any atom is 0.202 e. The molecule has 0 unspecified atom stereocenters. The first-order valence-corrected chi connectivity index (χ1v) is 10.6. The van der Waals surface area contributed by atoms with Crippen molar-refractivity contribution in [1.29, 1.82) is 0 Å². The summed E-state index contributed by atoms with van der Waals surface area (Å²) in [6.07, 6.45) is 4.60. The molecule has 156 valence electrons. The molecule has 0 spiro atoms. The van der Waals surface area contributed by atoms with Crippen molar-refractivity contribution in [3.63, 3.8) is 0 Å². The van der Waals surface area contributed by atoms with Crippen LogP contribution in [0, 0.1) is 12.7 Å². The van der Waals surface area contributed by atoms with E-state index in [1.54, 1.807) is 36.1 Å². The lowest BCUT2D eigenvalue weighted by Gasteiger charge is -2.11. The summed E-state index contributed by atoms with van der Waals surface area (Å²) in [5, 5.41) is 33.4. The molecule has 3 aromatic heterocycles. The Bertz CT molecular complexity index is 1440. The fourth-order valence-corrected chi connectivity index (χ4v) is 4.67. The molecule has 2 aromatic carbocycles. The Labute approximate surface area is 181 Å². The average molecular weight is 434 g/mol. The molecule has 0 amide bonds. The topological polar surface area (TPSA) is 84.1 Å². The average Bonchev–Trinajstić information content (AvgIpc) is 3.29. The van der Waals surface area contributed by atoms with Gasteiger partial charge in [-0.15, -0.1) is 21.5 Å². The number of halogens is 1. The molecule has 31 heavy (non-hydrogen) atoms. The van der Waals surface area contributed by atoms with Crippen molar-refractivity contribution in [2.24, 2.45) is 7.05 Å². The molecule has 5 aromatic rings. The van der Waals surface area contributed by atoms with Gasteiger partial charge in [0.05, 0.1) is 5.39 Å². The zero-order valence-electron chi connectivity index (χ0n) is 16.9. The number of aryl methyl sites for hydroxylation is 2. The van der Waals surface area contributed by atoms with Gasteiger partial charge in [0.15, 0.2) is 5.75 Å². The molecule has 3 heterocycles. The number of pyridine rings is 1. The number of rotatable bonds is 4. The van der Waals surface area contributed by atoms with Gasteiger partial charge < -0.3 is 14.8 Å². The molecular formula is C23H19FN4O2S. The lowest BCUT2D eigenvalue weighted by Crippen LogP contribution is -1.96. The van der Waals surface area contributed by atoms with E-state index >= 15 is 0 Å². The number of aromatic nitrogens is 4. The standard InChI is InChI=1S/C23H19FN4O2S/c1-12-26-27-19(31-12)9-16-17-8-14(7-13-3-5-15(24)6-4-13)10-25-21(17)22(29)20-18(16)11-28(2)23(20)30/h3-6,8,10-11,29-30H,7,9H2,1-2H3. The van der Waals surface area contributed by atoms with E-state index in [2.05, 4.69) is 15.2 Å². The molecule has 0 aliphatic heterocycles. The number of fused-ring (bicyclic) bond motifs is 2. The predicted octanol–water partition coefficient (Wildman–Crippen LogP) is 4.62. The summed E-state index contributed by atoms with van der Waals surface area (Å²) in [6.45, 7) is 1.91.